The lowest BCUT2D eigenvalue weighted by atomic mass is 9.87. The summed E-state index contributed by atoms with van der Waals surface area (Å²) in [4.78, 5) is 33.0. The van der Waals surface area contributed by atoms with Gasteiger partial charge in [0.2, 0.25) is 0 Å². The Hall–Kier alpha value is -1.79. The van der Waals surface area contributed by atoms with E-state index < -0.39 is 29.4 Å². The normalized spacial score (nSPS) is 12.5. The van der Waals surface area contributed by atoms with Crippen molar-refractivity contribution in [1.82, 2.24) is 10.6 Å². The highest BCUT2D eigenvalue weighted by Gasteiger charge is 2.32. The molecule has 0 rings (SSSR count). The molecule has 0 aliphatic heterocycles. The zero-order valence-corrected chi connectivity index (χ0v) is 10.4. The Kier molecular flexibility index (Phi) is 5.43. The maximum Gasteiger partial charge on any atom is 0.326 e. The molecule has 17 heavy (non-hydrogen) atoms. The van der Waals surface area contributed by atoms with Crippen molar-refractivity contribution in [3.05, 3.63) is 0 Å². The molecule has 0 heterocycles. The van der Waals surface area contributed by atoms with Crippen LogP contribution in [-0.2, 0) is 14.3 Å². The van der Waals surface area contributed by atoms with Gasteiger partial charge in [-0.25, -0.2) is 9.59 Å². The van der Waals surface area contributed by atoms with Crippen molar-refractivity contribution >= 4 is 18.0 Å². The van der Waals surface area contributed by atoms with Gasteiger partial charge in [0.15, 0.2) is 0 Å². The molecule has 7 nitrogen and oxygen atoms in total. The van der Waals surface area contributed by atoms with Crippen molar-refractivity contribution in [2.45, 2.75) is 26.8 Å². The number of esters is 1. The van der Waals surface area contributed by atoms with Crippen LogP contribution in [0.3, 0.4) is 0 Å². The van der Waals surface area contributed by atoms with Crippen LogP contribution in [0.4, 0.5) is 4.79 Å². The largest absolute Gasteiger partial charge is 0.480 e. The zero-order chi connectivity index (χ0) is 13.6. The molecule has 0 radical (unpaired) electrons. The van der Waals surface area contributed by atoms with Gasteiger partial charge in [-0.05, 0) is 5.41 Å². The van der Waals surface area contributed by atoms with Gasteiger partial charge in [-0.3, -0.25) is 4.79 Å². The first kappa shape index (κ1) is 15.2. The number of hydrogen-bond donors (Lipinski definition) is 3. The molecule has 0 aliphatic rings. The van der Waals surface area contributed by atoms with Gasteiger partial charge in [0.1, 0.15) is 12.6 Å². The van der Waals surface area contributed by atoms with E-state index in [1.54, 1.807) is 20.8 Å². The van der Waals surface area contributed by atoms with E-state index in [1.165, 1.54) is 7.11 Å². The number of nitrogens with one attached hydrogen (secondary N) is 2. The van der Waals surface area contributed by atoms with Crippen LogP contribution in [0.5, 0.6) is 0 Å². The monoisotopic (exact) mass is 246 g/mol. The fourth-order valence-corrected chi connectivity index (χ4v) is 1.06. The van der Waals surface area contributed by atoms with Crippen LogP contribution in [0.1, 0.15) is 20.8 Å². The molecule has 0 aromatic carbocycles. The van der Waals surface area contributed by atoms with E-state index in [2.05, 4.69) is 15.4 Å². The highest BCUT2D eigenvalue weighted by atomic mass is 16.5. The maximum absolute atomic E-state index is 11.3. The molecule has 0 saturated carbocycles. The van der Waals surface area contributed by atoms with Gasteiger partial charge in [-0.15, -0.1) is 0 Å². The molecule has 1 atom stereocenters. The third-order valence-electron chi connectivity index (χ3n) is 2.01. The summed E-state index contributed by atoms with van der Waals surface area (Å²) < 4.78 is 4.32. The second-order valence-corrected chi connectivity index (χ2v) is 4.54. The Morgan fingerprint density at radius 1 is 1.29 bits per heavy atom. The van der Waals surface area contributed by atoms with E-state index in [9.17, 15) is 14.4 Å². The van der Waals surface area contributed by atoms with Gasteiger partial charge in [0, 0.05) is 0 Å². The zero-order valence-electron chi connectivity index (χ0n) is 10.4. The summed E-state index contributed by atoms with van der Waals surface area (Å²) >= 11 is 0. The Morgan fingerprint density at radius 2 is 1.82 bits per heavy atom. The van der Waals surface area contributed by atoms with Crippen molar-refractivity contribution in [3.8, 4) is 0 Å². The van der Waals surface area contributed by atoms with Crippen molar-refractivity contribution in [2.75, 3.05) is 13.7 Å². The van der Waals surface area contributed by atoms with Crippen LogP contribution in [0.25, 0.3) is 0 Å². The molecule has 0 aromatic heterocycles. The van der Waals surface area contributed by atoms with Gasteiger partial charge >= 0.3 is 18.0 Å². The number of carboxylic acids is 1. The molecule has 0 saturated heterocycles. The van der Waals surface area contributed by atoms with E-state index >= 15 is 0 Å². The first-order chi connectivity index (χ1) is 7.68. The van der Waals surface area contributed by atoms with Crippen LogP contribution >= 0.6 is 0 Å². The average Bonchev–Trinajstić information content (AvgIpc) is 2.20. The van der Waals surface area contributed by atoms with Crippen LogP contribution in [0.2, 0.25) is 0 Å². The number of carbonyl (C=O) groups is 3. The lowest BCUT2D eigenvalue weighted by Crippen LogP contribution is -2.52. The maximum atomic E-state index is 11.3. The smallest absolute Gasteiger partial charge is 0.326 e. The standard InChI is InChI=1S/C10H18N2O5/c1-10(2,3)7(8(14)15)12-9(16)11-5-6(13)17-4/h7H,5H2,1-4H3,(H,14,15)(H2,11,12,16)/t7-/m1/s1. The number of ether oxygens (including phenoxy) is 1. The first-order valence-electron chi connectivity index (χ1n) is 5.02. The van der Waals surface area contributed by atoms with E-state index in [0.717, 1.165) is 0 Å². The number of carbonyl (C=O) groups excluding carboxylic acids is 2. The van der Waals surface area contributed by atoms with Gasteiger partial charge in [0.25, 0.3) is 0 Å². The molecule has 3 N–H and O–H groups in total. The summed E-state index contributed by atoms with van der Waals surface area (Å²) in [6, 6.07) is -1.77. The lowest BCUT2D eigenvalue weighted by Gasteiger charge is -2.27. The van der Waals surface area contributed by atoms with E-state index in [1.807, 2.05) is 0 Å². The number of rotatable bonds is 4. The Labute approximate surface area is 99.5 Å². The molecule has 0 spiro atoms. The highest BCUT2D eigenvalue weighted by Crippen LogP contribution is 2.19. The summed E-state index contributed by atoms with van der Waals surface area (Å²) in [6.45, 7) is 4.75. The van der Waals surface area contributed by atoms with E-state index in [-0.39, 0.29) is 6.54 Å². The number of hydrogen-bond acceptors (Lipinski definition) is 4. The summed E-state index contributed by atoms with van der Waals surface area (Å²) in [6.07, 6.45) is 0. The fourth-order valence-electron chi connectivity index (χ4n) is 1.06. The van der Waals surface area contributed by atoms with E-state index in [0.29, 0.717) is 0 Å². The SMILES string of the molecule is COC(=O)CNC(=O)N[C@H](C(=O)O)C(C)(C)C. The van der Waals surface area contributed by atoms with Gasteiger partial charge in [-0.1, -0.05) is 20.8 Å². The lowest BCUT2D eigenvalue weighted by molar-refractivity contribution is -0.142. The Morgan fingerprint density at radius 3 is 2.18 bits per heavy atom. The van der Waals surface area contributed by atoms with E-state index in [4.69, 9.17) is 5.11 Å². The summed E-state index contributed by atoms with van der Waals surface area (Å²) in [7, 11) is 1.19. The molecule has 0 fully saturated rings. The number of aliphatic carboxylic acids is 1. The molecular formula is C10H18N2O5. The number of urea groups is 1. The number of methoxy groups -OCH3 is 1. The highest BCUT2D eigenvalue weighted by molar-refractivity contribution is 5.85. The van der Waals surface area contributed by atoms with Crippen molar-refractivity contribution in [3.63, 3.8) is 0 Å². The van der Waals surface area contributed by atoms with Gasteiger partial charge < -0.3 is 20.5 Å². The average molecular weight is 246 g/mol. The summed E-state index contributed by atoms with van der Waals surface area (Å²) in [5.74, 6) is -1.74. The topological polar surface area (TPSA) is 105 Å². The molecule has 7 heteroatoms. The van der Waals surface area contributed by atoms with Crippen LogP contribution < -0.4 is 10.6 Å². The second kappa shape index (κ2) is 6.07. The first-order valence-corrected chi connectivity index (χ1v) is 5.02. The molecular weight excluding hydrogens is 228 g/mol. The third-order valence-corrected chi connectivity index (χ3v) is 2.01. The third kappa shape index (κ3) is 5.74. The predicted molar refractivity (Wildman–Crippen MR) is 59.4 cm³/mol. The quantitative estimate of drug-likeness (QED) is 0.603. The molecule has 98 valence electrons. The van der Waals surface area contributed by atoms with Gasteiger partial charge in [-0.2, -0.15) is 0 Å². The van der Waals surface area contributed by atoms with Crippen LogP contribution in [0, 0.1) is 5.41 Å². The summed E-state index contributed by atoms with van der Waals surface area (Å²) in [5.41, 5.74) is -0.631. The van der Waals surface area contributed by atoms with Crippen molar-refractivity contribution < 1.29 is 24.2 Å². The molecule has 0 bridgehead atoms. The predicted octanol–water partition coefficient (Wildman–Crippen LogP) is -0.0421. The minimum Gasteiger partial charge on any atom is -0.480 e. The summed E-state index contributed by atoms with van der Waals surface area (Å²) in [5, 5.41) is 13.4. The van der Waals surface area contributed by atoms with Gasteiger partial charge in [0.05, 0.1) is 7.11 Å². The molecule has 0 aliphatic carbocycles. The second-order valence-electron chi connectivity index (χ2n) is 4.54. The number of carboxylic acid groups (broad SMARTS) is 1. The molecule has 2 amide bonds. The van der Waals surface area contributed by atoms with Crippen molar-refractivity contribution in [1.29, 1.82) is 0 Å². The van der Waals surface area contributed by atoms with Crippen molar-refractivity contribution in [2.24, 2.45) is 5.41 Å². The minimum absolute atomic E-state index is 0.307. The Bertz CT molecular complexity index is 308. The Balaban J connectivity index is 4.34. The molecule has 0 unspecified atom stereocenters. The van der Waals surface area contributed by atoms with Crippen LogP contribution in [0.15, 0.2) is 0 Å². The molecule has 0 aromatic rings. The number of amides is 2. The fraction of sp³-hybridized carbons (Fsp3) is 0.700. The van der Waals surface area contributed by atoms with Crippen LogP contribution in [-0.4, -0.2) is 42.8 Å². The minimum atomic E-state index is -1.13.